The van der Waals surface area contributed by atoms with Gasteiger partial charge in [-0.15, -0.1) is 11.3 Å². The van der Waals surface area contributed by atoms with E-state index in [1.54, 1.807) is 43.5 Å². The Morgan fingerprint density at radius 3 is 2.81 bits per heavy atom. The molecule has 2 aromatic rings. The number of aryl methyl sites for hydroxylation is 1. The zero-order valence-electron chi connectivity index (χ0n) is 18.1. The number of allylic oxidation sites excluding steroid dienone is 2. The Kier molecular flexibility index (Phi) is 7.25. The Balaban J connectivity index is 1.95. The van der Waals surface area contributed by atoms with Crippen molar-refractivity contribution >= 4 is 34.6 Å². The fourth-order valence-electron chi connectivity index (χ4n) is 3.50. The molecule has 2 atom stereocenters. The van der Waals surface area contributed by atoms with E-state index in [-0.39, 0.29) is 17.8 Å². The summed E-state index contributed by atoms with van der Waals surface area (Å²) < 4.78 is 5.68. The Bertz CT molecular complexity index is 1010. The summed E-state index contributed by atoms with van der Waals surface area (Å²) in [5.41, 5.74) is 8.73. The number of anilines is 1. The Labute approximate surface area is 187 Å². The van der Waals surface area contributed by atoms with Gasteiger partial charge in [-0.1, -0.05) is 12.7 Å². The van der Waals surface area contributed by atoms with E-state index in [0.29, 0.717) is 23.4 Å². The number of nitrogens with one attached hydrogen (secondary N) is 2. The van der Waals surface area contributed by atoms with E-state index in [2.05, 4.69) is 16.9 Å². The fraction of sp³-hybridized carbons (Fsp3) is 0.348. The first-order valence-corrected chi connectivity index (χ1v) is 11.1. The number of aromatic nitrogens is 1. The lowest BCUT2D eigenvalue weighted by Gasteiger charge is -2.24. The molecule has 3 rings (SSSR count). The quantitative estimate of drug-likeness (QED) is 0.258. The van der Waals surface area contributed by atoms with Gasteiger partial charge in [0, 0.05) is 41.5 Å². The summed E-state index contributed by atoms with van der Waals surface area (Å²) >= 11 is 1.60. The van der Waals surface area contributed by atoms with Crippen LogP contribution >= 0.6 is 11.3 Å². The van der Waals surface area contributed by atoms with E-state index in [0.717, 1.165) is 29.2 Å². The number of hydrogen-bond acceptors (Lipinski definition) is 7. The van der Waals surface area contributed by atoms with Crippen LogP contribution in [0.5, 0.6) is 0 Å². The van der Waals surface area contributed by atoms with Crippen molar-refractivity contribution in [3.05, 3.63) is 64.1 Å². The molecule has 0 aliphatic carbocycles. The second kappa shape index (κ2) is 9.89. The van der Waals surface area contributed by atoms with Crippen molar-refractivity contribution in [1.29, 1.82) is 5.41 Å². The summed E-state index contributed by atoms with van der Waals surface area (Å²) in [7, 11) is 1.80. The van der Waals surface area contributed by atoms with Crippen LogP contribution in [-0.4, -0.2) is 41.3 Å². The standard InChI is InChI=1S/C23H29N5O2S/c1-5-7-20(30-21(25)15(3)24)16-10-17(12-18(11-16)26-4)23(29)28-9-6-8-19(28)22-27-14(2)13-31-22/h5,7,10-13,15,19,25-26H,1,6,8-9,24H2,2-4H3/b20-7+,25-21?/t15-,19+/m0/s1. The van der Waals surface area contributed by atoms with E-state index < -0.39 is 6.04 Å². The largest absolute Gasteiger partial charge is 0.441 e. The number of benzene rings is 1. The van der Waals surface area contributed by atoms with Gasteiger partial charge >= 0.3 is 0 Å². The Morgan fingerprint density at radius 2 is 2.19 bits per heavy atom. The summed E-state index contributed by atoms with van der Waals surface area (Å²) in [5, 5.41) is 14.1. The monoisotopic (exact) mass is 439 g/mol. The summed E-state index contributed by atoms with van der Waals surface area (Å²) in [4.78, 5) is 20.0. The maximum atomic E-state index is 13.5. The minimum atomic E-state index is -0.547. The van der Waals surface area contributed by atoms with Crippen LogP contribution in [0.4, 0.5) is 5.69 Å². The number of hydrogen-bond donors (Lipinski definition) is 3. The highest BCUT2D eigenvalue weighted by Crippen LogP contribution is 2.35. The average Bonchev–Trinajstić information content (AvgIpc) is 3.41. The predicted molar refractivity (Wildman–Crippen MR) is 126 cm³/mol. The average molecular weight is 440 g/mol. The number of likely N-dealkylation sites (tertiary alicyclic amines) is 1. The van der Waals surface area contributed by atoms with E-state index in [1.807, 2.05) is 29.3 Å². The molecular weight excluding hydrogens is 410 g/mol. The van der Waals surface area contributed by atoms with Gasteiger partial charge in [-0.05, 0) is 51.0 Å². The Morgan fingerprint density at radius 1 is 1.45 bits per heavy atom. The van der Waals surface area contributed by atoms with Crippen molar-refractivity contribution in [3.8, 4) is 0 Å². The lowest BCUT2D eigenvalue weighted by atomic mass is 10.1. The first kappa shape index (κ1) is 22.7. The third-order valence-electron chi connectivity index (χ3n) is 5.09. The summed E-state index contributed by atoms with van der Waals surface area (Å²) in [6.45, 7) is 8.08. The van der Waals surface area contributed by atoms with Crippen LogP contribution in [0.1, 0.15) is 52.4 Å². The zero-order valence-corrected chi connectivity index (χ0v) is 19.0. The molecular formula is C23H29N5O2S. The number of thiazole rings is 1. The first-order valence-electron chi connectivity index (χ1n) is 10.2. The van der Waals surface area contributed by atoms with Gasteiger partial charge in [0.2, 0.25) is 5.90 Å². The van der Waals surface area contributed by atoms with Gasteiger partial charge in [0.15, 0.2) is 0 Å². The summed E-state index contributed by atoms with van der Waals surface area (Å²) in [6, 6.07) is 4.94. The molecule has 1 aliphatic heterocycles. The number of carbonyl (C=O) groups excluding carboxylic acids is 1. The van der Waals surface area contributed by atoms with Gasteiger partial charge in [0.25, 0.3) is 5.91 Å². The molecule has 1 aliphatic rings. The molecule has 0 radical (unpaired) electrons. The molecule has 1 aromatic heterocycles. The highest BCUT2D eigenvalue weighted by atomic mass is 32.1. The van der Waals surface area contributed by atoms with Crippen molar-refractivity contribution in [2.75, 3.05) is 18.9 Å². The second-order valence-corrected chi connectivity index (χ2v) is 8.44. The third kappa shape index (κ3) is 5.21. The zero-order chi connectivity index (χ0) is 22.5. The molecule has 4 N–H and O–H groups in total. The number of nitrogens with zero attached hydrogens (tertiary/aromatic N) is 2. The number of rotatable bonds is 7. The lowest BCUT2D eigenvalue weighted by molar-refractivity contribution is 0.0735. The molecule has 2 heterocycles. The van der Waals surface area contributed by atoms with Crippen LogP contribution in [-0.2, 0) is 4.74 Å². The predicted octanol–water partition coefficient (Wildman–Crippen LogP) is 4.34. The van der Waals surface area contributed by atoms with Crippen molar-refractivity contribution in [2.45, 2.75) is 38.8 Å². The molecule has 0 saturated carbocycles. The minimum Gasteiger partial charge on any atom is -0.441 e. The van der Waals surface area contributed by atoms with Gasteiger partial charge in [0.1, 0.15) is 10.8 Å². The van der Waals surface area contributed by atoms with Crippen molar-refractivity contribution in [1.82, 2.24) is 9.88 Å². The van der Waals surface area contributed by atoms with Crippen LogP contribution < -0.4 is 11.1 Å². The van der Waals surface area contributed by atoms with E-state index >= 15 is 0 Å². The molecule has 0 unspecified atom stereocenters. The van der Waals surface area contributed by atoms with Crippen molar-refractivity contribution in [2.24, 2.45) is 5.73 Å². The number of nitrogens with two attached hydrogens (primary N) is 1. The number of carbonyl (C=O) groups is 1. The second-order valence-electron chi connectivity index (χ2n) is 7.55. The normalized spacial score (nSPS) is 17.4. The van der Waals surface area contributed by atoms with Crippen LogP contribution in [0, 0.1) is 12.3 Å². The highest BCUT2D eigenvalue weighted by molar-refractivity contribution is 7.09. The van der Waals surface area contributed by atoms with Crippen LogP contribution in [0.25, 0.3) is 5.76 Å². The SMILES string of the molecule is C=C/C=C(/OC(=N)[C@H](C)N)c1cc(NC)cc(C(=O)N2CCC[C@@H]2c2nc(C)cs2)c1. The molecule has 0 spiro atoms. The minimum absolute atomic E-state index is 0.00130. The molecule has 1 amide bonds. The Hall–Kier alpha value is -2.97. The maximum absolute atomic E-state index is 13.5. The highest BCUT2D eigenvalue weighted by Gasteiger charge is 2.32. The lowest BCUT2D eigenvalue weighted by Crippen LogP contribution is -2.30. The van der Waals surface area contributed by atoms with Crippen LogP contribution in [0.15, 0.2) is 42.3 Å². The molecule has 7 nitrogen and oxygen atoms in total. The molecule has 1 saturated heterocycles. The smallest absolute Gasteiger partial charge is 0.254 e. The third-order valence-corrected chi connectivity index (χ3v) is 6.16. The topological polar surface area (TPSA) is 104 Å². The number of ether oxygens (including phenoxy) is 1. The molecule has 8 heteroatoms. The maximum Gasteiger partial charge on any atom is 0.254 e. The number of amides is 1. The molecule has 31 heavy (non-hydrogen) atoms. The molecule has 0 bridgehead atoms. The van der Waals surface area contributed by atoms with E-state index in [9.17, 15) is 4.79 Å². The van der Waals surface area contributed by atoms with Gasteiger partial charge in [0.05, 0.1) is 12.1 Å². The first-order chi connectivity index (χ1) is 14.8. The molecule has 1 fully saturated rings. The summed E-state index contributed by atoms with van der Waals surface area (Å²) in [5.74, 6) is 0.306. The van der Waals surface area contributed by atoms with Crippen LogP contribution in [0.2, 0.25) is 0 Å². The van der Waals surface area contributed by atoms with Gasteiger partial charge in [-0.2, -0.15) is 0 Å². The van der Waals surface area contributed by atoms with E-state index in [4.69, 9.17) is 15.9 Å². The summed E-state index contributed by atoms with van der Waals surface area (Å²) in [6.07, 6.45) is 5.10. The van der Waals surface area contributed by atoms with Crippen molar-refractivity contribution in [3.63, 3.8) is 0 Å². The van der Waals surface area contributed by atoms with Crippen LogP contribution in [0.3, 0.4) is 0 Å². The molecule has 164 valence electrons. The van der Waals surface area contributed by atoms with Gasteiger partial charge in [-0.3, -0.25) is 10.2 Å². The van der Waals surface area contributed by atoms with E-state index in [1.165, 1.54) is 0 Å². The van der Waals surface area contributed by atoms with Crippen molar-refractivity contribution < 1.29 is 9.53 Å². The molecule has 1 aromatic carbocycles. The fourth-order valence-corrected chi connectivity index (χ4v) is 4.45. The van der Waals surface area contributed by atoms with Gasteiger partial charge < -0.3 is 20.7 Å². The van der Waals surface area contributed by atoms with Gasteiger partial charge in [-0.25, -0.2) is 4.98 Å².